The highest BCUT2D eigenvalue weighted by Crippen LogP contribution is 2.35. The van der Waals surface area contributed by atoms with Gasteiger partial charge in [0.1, 0.15) is 36.0 Å². The van der Waals surface area contributed by atoms with E-state index in [1.54, 1.807) is 17.8 Å². The van der Waals surface area contributed by atoms with Gasteiger partial charge in [-0.1, -0.05) is 62.2 Å². The van der Waals surface area contributed by atoms with Crippen molar-refractivity contribution in [2.75, 3.05) is 7.11 Å². The number of hydrogen-bond acceptors (Lipinski definition) is 7. The minimum Gasteiger partial charge on any atom is -0.489 e. The third kappa shape index (κ3) is 5.74. The molecule has 0 amide bonds. The lowest BCUT2D eigenvalue weighted by atomic mass is 10.1. The van der Waals surface area contributed by atoms with Crippen molar-refractivity contribution in [2.24, 2.45) is 0 Å². The maximum Gasteiger partial charge on any atom is 0.294 e. The largest absolute Gasteiger partial charge is 0.489 e. The second-order valence-corrected chi connectivity index (χ2v) is 9.20. The van der Waals surface area contributed by atoms with Gasteiger partial charge in [0, 0.05) is 5.56 Å². The monoisotopic (exact) mass is 537 g/mol. The van der Waals surface area contributed by atoms with Gasteiger partial charge in [-0.2, -0.15) is 0 Å². The molecule has 8 heteroatoms. The van der Waals surface area contributed by atoms with Crippen LogP contribution in [-0.4, -0.2) is 21.7 Å². The maximum atomic E-state index is 6.23. The summed E-state index contributed by atoms with van der Waals surface area (Å²) in [5.41, 5.74) is 4.04. The zero-order valence-corrected chi connectivity index (χ0v) is 22.7. The van der Waals surface area contributed by atoms with E-state index in [4.69, 9.17) is 25.1 Å². The van der Waals surface area contributed by atoms with E-state index in [9.17, 15) is 0 Å². The third-order valence-electron chi connectivity index (χ3n) is 5.76. The molecule has 0 unspecified atom stereocenters. The highest BCUT2D eigenvalue weighted by atomic mass is 32.1. The molecule has 3 aromatic carbocycles. The molecule has 0 aliphatic carbocycles. The van der Waals surface area contributed by atoms with Crippen molar-refractivity contribution < 1.29 is 18.6 Å². The zero-order chi connectivity index (χ0) is 27.2. The van der Waals surface area contributed by atoms with Crippen LogP contribution in [0.25, 0.3) is 27.4 Å². The Bertz CT molecular complexity index is 1710. The lowest BCUT2D eigenvalue weighted by Crippen LogP contribution is -1.99. The molecule has 0 N–H and O–H groups in total. The van der Waals surface area contributed by atoms with Gasteiger partial charge in [0.05, 0.1) is 18.7 Å². The quantitative estimate of drug-likeness (QED) is 0.189. The topological polar surface area (TPSA) is 71.0 Å². The van der Waals surface area contributed by atoms with E-state index in [1.165, 1.54) is 11.3 Å². The average molecular weight is 538 g/mol. The van der Waals surface area contributed by atoms with E-state index < -0.39 is 0 Å². The molecule has 7 nitrogen and oxygen atoms in total. The third-order valence-corrected chi connectivity index (χ3v) is 6.64. The minimum absolute atomic E-state index is 0.343. The summed E-state index contributed by atoms with van der Waals surface area (Å²) in [5.74, 6) is 4.69. The summed E-state index contributed by atoms with van der Waals surface area (Å²) in [4.78, 5) is 5.32. The highest BCUT2D eigenvalue weighted by molar-refractivity contribution is 7.18. The smallest absolute Gasteiger partial charge is 0.294 e. The van der Waals surface area contributed by atoms with Gasteiger partial charge in [0.15, 0.2) is 5.76 Å². The van der Waals surface area contributed by atoms with Gasteiger partial charge in [-0.15, -0.1) is 11.5 Å². The van der Waals surface area contributed by atoms with Crippen LogP contribution in [0, 0.1) is 12.3 Å². The van der Waals surface area contributed by atoms with E-state index in [1.807, 2.05) is 86.6 Å². The molecule has 0 bridgehead atoms. The molecule has 6 rings (SSSR count). The molecule has 0 spiro atoms. The Kier molecular flexibility index (Phi) is 7.80. The number of terminal acetylenes is 1. The number of fused-ring (bicyclic) bond motifs is 2. The van der Waals surface area contributed by atoms with Crippen LogP contribution < -0.4 is 14.2 Å². The molecule has 0 saturated heterocycles. The predicted molar refractivity (Wildman–Crippen MR) is 153 cm³/mol. The molecule has 0 aliphatic rings. The van der Waals surface area contributed by atoms with Crippen LogP contribution in [-0.2, 0) is 13.2 Å². The molecular weight excluding hydrogens is 510 g/mol. The molecule has 3 aromatic heterocycles. The fourth-order valence-corrected chi connectivity index (χ4v) is 4.65. The summed E-state index contributed by atoms with van der Waals surface area (Å²) in [6.45, 7) is 4.85. The average Bonchev–Trinajstić information content (AvgIpc) is 3.70. The second kappa shape index (κ2) is 11.8. The number of methoxy groups -OCH3 is 1. The second-order valence-electron chi connectivity index (χ2n) is 8.28. The van der Waals surface area contributed by atoms with Gasteiger partial charge >= 0.3 is 0 Å². The number of rotatable bonds is 8. The van der Waals surface area contributed by atoms with Crippen LogP contribution in [0.1, 0.15) is 30.5 Å². The first-order valence-electron chi connectivity index (χ1n) is 12.5. The van der Waals surface area contributed by atoms with Crippen LogP contribution in [0.2, 0.25) is 0 Å². The van der Waals surface area contributed by atoms with Crippen molar-refractivity contribution in [3.8, 4) is 40.5 Å². The normalized spacial score (nSPS) is 10.6. The van der Waals surface area contributed by atoms with E-state index >= 15 is 0 Å². The molecule has 0 radical (unpaired) electrons. The molecule has 6 aromatic rings. The lowest BCUT2D eigenvalue weighted by molar-refractivity contribution is 0.297. The zero-order valence-electron chi connectivity index (χ0n) is 21.9. The van der Waals surface area contributed by atoms with Crippen molar-refractivity contribution in [3.05, 3.63) is 95.7 Å². The molecule has 196 valence electrons. The minimum atomic E-state index is 0.343. The number of nitrogens with zero attached hydrogens (tertiary/aromatic N) is 3. The standard InChI is InChI=1S/C29H21N3O4S.C2H6/c1-3-19-13-25(35-18-21-10-7-11-22(12-21)34-17-20-8-5-4-6-9-20)23-15-27(36-26(23)14-19)24-16-32-28(30-24)37-29(31-32)33-2;1-2/h1,4-16H,17-18H2,2H3;1-2H3. The molecule has 0 atom stereocenters. The Balaban J connectivity index is 0.00000151. The lowest BCUT2D eigenvalue weighted by Gasteiger charge is -2.10. The Morgan fingerprint density at radius 3 is 2.51 bits per heavy atom. The first-order valence-corrected chi connectivity index (χ1v) is 13.3. The summed E-state index contributed by atoms with van der Waals surface area (Å²) in [7, 11) is 1.58. The van der Waals surface area contributed by atoms with Gasteiger partial charge < -0.3 is 18.6 Å². The molecule has 3 heterocycles. The van der Waals surface area contributed by atoms with Crippen molar-refractivity contribution in [2.45, 2.75) is 27.1 Å². The fraction of sp³-hybridized carbons (Fsp3) is 0.161. The first kappa shape index (κ1) is 25.9. The van der Waals surface area contributed by atoms with Gasteiger partial charge in [-0.25, -0.2) is 9.50 Å². The SMILES string of the molecule is C#Cc1cc(OCc2cccc(OCc3ccccc3)c2)c2cc(-c3cn4nc(OC)sc4n3)oc2c1.CC. The Labute approximate surface area is 230 Å². The van der Waals surface area contributed by atoms with Crippen LogP contribution >= 0.6 is 11.3 Å². The summed E-state index contributed by atoms with van der Waals surface area (Å²) in [5, 5.41) is 5.68. The maximum absolute atomic E-state index is 6.23. The highest BCUT2D eigenvalue weighted by Gasteiger charge is 2.17. The number of benzene rings is 3. The predicted octanol–water partition coefficient (Wildman–Crippen LogP) is 7.38. The number of imidazole rings is 1. The summed E-state index contributed by atoms with van der Waals surface area (Å²) < 4.78 is 25.1. The van der Waals surface area contributed by atoms with Gasteiger partial charge in [-0.3, -0.25) is 0 Å². The van der Waals surface area contributed by atoms with Crippen LogP contribution in [0.4, 0.5) is 0 Å². The molecule has 39 heavy (non-hydrogen) atoms. The van der Waals surface area contributed by atoms with Crippen LogP contribution in [0.15, 0.2) is 83.4 Å². The Morgan fingerprint density at radius 1 is 0.949 bits per heavy atom. The molecule has 0 aliphatic heterocycles. The van der Waals surface area contributed by atoms with E-state index in [0.717, 1.165) is 22.3 Å². The number of aromatic nitrogens is 3. The van der Waals surface area contributed by atoms with E-state index in [2.05, 4.69) is 16.0 Å². The van der Waals surface area contributed by atoms with Crippen molar-refractivity contribution in [1.82, 2.24) is 14.6 Å². The van der Waals surface area contributed by atoms with Crippen molar-refractivity contribution in [1.29, 1.82) is 0 Å². The van der Waals surface area contributed by atoms with E-state index in [0.29, 0.717) is 51.7 Å². The summed E-state index contributed by atoms with van der Waals surface area (Å²) >= 11 is 1.35. The Hall–Kier alpha value is -4.74. The van der Waals surface area contributed by atoms with Crippen LogP contribution in [0.3, 0.4) is 0 Å². The van der Waals surface area contributed by atoms with Crippen molar-refractivity contribution >= 4 is 27.3 Å². The van der Waals surface area contributed by atoms with Gasteiger partial charge in [0.25, 0.3) is 5.19 Å². The molecule has 0 saturated carbocycles. The van der Waals surface area contributed by atoms with E-state index in [-0.39, 0.29) is 0 Å². The van der Waals surface area contributed by atoms with Crippen LogP contribution in [0.5, 0.6) is 16.7 Å². The number of furan rings is 1. The summed E-state index contributed by atoms with van der Waals surface area (Å²) in [6, 6.07) is 23.5. The summed E-state index contributed by atoms with van der Waals surface area (Å²) in [6.07, 6.45) is 7.50. The van der Waals surface area contributed by atoms with Gasteiger partial charge in [-0.05, 0) is 52.8 Å². The number of ether oxygens (including phenoxy) is 3. The fourth-order valence-electron chi connectivity index (χ4n) is 3.95. The number of hydrogen-bond donors (Lipinski definition) is 0. The first-order chi connectivity index (χ1) is 19.2. The van der Waals surface area contributed by atoms with Crippen molar-refractivity contribution in [3.63, 3.8) is 0 Å². The molecular formula is C31H27N3O4S. The Morgan fingerprint density at radius 2 is 1.74 bits per heavy atom. The van der Waals surface area contributed by atoms with Gasteiger partial charge in [0.2, 0.25) is 4.96 Å². The molecule has 0 fully saturated rings.